The number of hydrogen-bond donors (Lipinski definition) is 11. The van der Waals surface area contributed by atoms with Crippen molar-refractivity contribution in [2.24, 2.45) is 46.3 Å². The van der Waals surface area contributed by atoms with E-state index in [-0.39, 0.29) is 90.8 Å². The lowest BCUT2D eigenvalue weighted by molar-refractivity contribution is -0.424. The maximum Gasteiger partial charge on any atom is 0.306 e. The lowest BCUT2D eigenvalue weighted by atomic mass is 9.50. The number of aliphatic hydroxyl groups excluding tert-OH is 5. The van der Waals surface area contributed by atoms with E-state index in [1.807, 2.05) is 23.9 Å². The molecule has 0 amide bonds. The Kier molecular flexibility index (Phi) is 19.5. The highest BCUT2D eigenvalue weighted by atomic mass is 33.1. The van der Waals surface area contributed by atoms with Crippen molar-refractivity contribution in [2.75, 3.05) is 52.3 Å². The Bertz CT molecular complexity index is 3420. The van der Waals surface area contributed by atoms with Gasteiger partial charge in [-0.05, 0) is 193 Å². The van der Waals surface area contributed by atoms with Crippen molar-refractivity contribution in [3.63, 3.8) is 0 Å². The molecule has 19 heteroatoms. The molecule has 17 nitrogen and oxygen atoms in total. The minimum Gasteiger partial charge on any atom is -0.485 e. The van der Waals surface area contributed by atoms with E-state index in [9.17, 15) is 45.6 Å². The Morgan fingerprint density at radius 3 is 2.57 bits per heavy atom. The van der Waals surface area contributed by atoms with Crippen LogP contribution >= 0.6 is 21.6 Å². The number of ether oxygens (including phenoxy) is 4. The monoisotopic (exact) mass is 1320 g/mol. The van der Waals surface area contributed by atoms with E-state index in [0.717, 1.165) is 76.5 Å². The first-order valence-electron chi connectivity index (χ1n) is 34.9. The Labute approximate surface area is 555 Å². The molecule has 20 atom stereocenters. The SMILES string of the molecule is CCOC(=O)CCc1cc2ccoc2c2c1OC1OC3(CSSC4(CCC5(CCC(CNC)C5)C4CCC4(O)CCC5(C=CC(NCC(C)O)=CC5c5ccc6ccccc6c5)C4)C(CCC(C)CCCC3O)NCCO2)C2(O)CC3C=CC(O)C(CO)C3C1(O)C2O. The van der Waals surface area contributed by atoms with Crippen molar-refractivity contribution in [1.29, 1.82) is 0 Å². The van der Waals surface area contributed by atoms with Gasteiger partial charge >= 0.3 is 5.97 Å². The number of carbonyl (C=O) groups excluding carboxylic acids is 1. The minimum atomic E-state index is -2.53. The third-order valence-corrected chi connectivity index (χ3v) is 27.7. The standard InChI is InChI=1S/C74H101N3O14S2/c1-5-87-61(82)20-17-51-36-52-24-33-88-63(52)65-64(51)90-67-74(86)62-53(16-18-57(80)55(62)42-78)39-72(85,66(74)83)73(91-67)44-92-93-71(59(76-32-34-89-65)19-13-45(2)9-8-12-60(73)81)31-29-68(25-21-47(38-68)41-75-4)58(71)23-27-70(84)30-28-69(43-70)26-22-54(77-40-46(3)79)37-56(69)50-15-14-48-10-6-7-11-49(48)35-50/h6-7,10-11,14-16,18,22,24,26,33,35-37,45-47,53,55-60,62,66-67,75-81,83-86H,5,8-9,12-13,17,19-21,23,25,27-32,34,38-44H2,1-4H3. The third-order valence-electron chi connectivity index (χ3n) is 24.4. The highest BCUT2D eigenvalue weighted by molar-refractivity contribution is 8.77. The van der Waals surface area contributed by atoms with Gasteiger partial charge in [0.2, 0.25) is 12.0 Å². The van der Waals surface area contributed by atoms with E-state index >= 15 is 0 Å². The molecule has 20 unspecified atom stereocenters. The first-order chi connectivity index (χ1) is 44.7. The molecule has 2 saturated heterocycles. The van der Waals surface area contributed by atoms with Crippen molar-refractivity contribution in [3.05, 3.63) is 108 Å². The molecule has 13 rings (SSSR count). The van der Waals surface area contributed by atoms with Crippen LogP contribution in [-0.4, -0.2) is 163 Å². The van der Waals surface area contributed by atoms with Crippen LogP contribution in [0.25, 0.3) is 21.7 Å². The van der Waals surface area contributed by atoms with E-state index < -0.39 is 88.2 Å². The van der Waals surface area contributed by atoms with Gasteiger partial charge in [-0.15, -0.1) is 0 Å². The van der Waals surface area contributed by atoms with Gasteiger partial charge in [-0.1, -0.05) is 108 Å². The molecule has 9 aliphatic rings. The van der Waals surface area contributed by atoms with Crippen LogP contribution in [0.1, 0.15) is 147 Å². The number of hydrogen-bond acceptors (Lipinski definition) is 19. The number of aryl methyl sites for hydroxylation is 1. The number of fused-ring (bicyclic) bond motifs is 12. The molecular weight excluding hydrogens is 1220 g/mol. The summed E-state index contributed by atoms with van der Waals surface area (Å²) < 4.78 is 32.9. The van der Waals surface area contributed by atoms with Gasteiger partial charge in [0, 0.05) is 76.9 Å². The molecule has 5 bridgehead atoms. The summed E-state index contributed by atoms with van der Waals surface area (Å²) in [6, 6.07) is 18.8. The Balaban J connectivity index is 0.925. The molecule has 4 aromatic rings. The summed E-state index contributed by atoms with van der Waals surface area (Å²) in [5, 5.41) is 116. The zero-order valence-corrected chi connectivity index (χ0v) is 56.3. The fraction of sp³-hybridized carbons (Fsp3) is 0.662. The topological polar surface area (TPSA) is 265 Å². The van der Waals surface area contributed by atoms with Gasteiger partial charge in [-0.3, -0.25) is 4.79 Å². The predicted molar refractivity (Wildman–Crippen MR) is 361 cm³/mol. The van der Waals surface area contributed by atoms with Gasteiger partial charge in [0.1, 0.15) is 23.9 Å². The zero-order valence-electron chi connectivity index (χ0n) is 54.7. The van der Waals surface area contributed by atoms with E-state index in [2.05, 4.69) is 83.6 Å². The molecular formula is C74H101N3O14S2. The highest BCUT2D eigenvalue weighted by Gasteiger charge is 2.78. The van der Waals surface area contributed by atoms with Crippen LogP contribution in [0.3, 0.4) is 0 Å². The van der Waals surface area contributed by atoms with E-state index in [1.54, 1.807) is 49.1 Å². The average molecular weight is 1320 g/mol. The second-order valence-electron chi connectivity index (χ2n) is 29.9. The van der Waals surface area contributed by atoms with Gasteiger partial charge in [-0.2, -0.15) is 0 Å². The molecule has 3 aromatic carbocycles. The largest absolute Gasteiger partial charge is 0.485 e. The molecule has 0 radical (unpaired) electrons. The number of nitrogens with one attached hydrogen (secondary N) is 3. The Hall–Kier alpha value is -4.19. The van der Waals surface area contributed by atoms with Crippen LogP contribution in [0.5, 0.6) is 11.5 Å². The molecule has 6 aliphatic carbocycles. The third kappa shape index (κ3) is 12.1. The molecule has 93 heavy (non-hydrogen) atoms. The van der Waals surface area contributed by atoms with Crippen LogP contribution < -0.4 is 25.4 Å². The van der Waals surface area contributed by atoms with Crippen molar-refractivity contribution in [3.8, 4) is 11.5 Å². The molecule has 11 N–H and O–H groups in total. The highest BCUT2D eigenvalue weighted by Crippen LogP contribution is 2.70. The molecule has 3 aliphatic heterocycles. The van der Waals surface area contributed by atoms with E-state index in [0.29, 0.717) is 61.2 Å². The molecule has 508 valence electrons. The summed E-state index contributed by atoms with van der Waals surface area (Å²) >= 11 is 0. The smallest absolute Gasteiger partial charge is 0.306 e. The van der Waals surface area contributed by atoms with Crippen LogP contribution in [0.15, 0.2) is 101 Å². The fourth-order valence-corrected chi connectivity index (χ4v) is 24.0. The minimum absolute atomic E-state index is 0.0333. The van der Waals surface area contributed by atoms with Crippen LogP contribution in [-0.2, 0) is 20.7 Å². The van der Waals surface area contributed by atoms with Gasteiger partial charge < -0.3 is 80.2 Å². The number of aliphatic hydroxyl groups is 8. The molecule has 4 spiro atoms. The first kappa shape index (κ1) is 67.4. The maximum absolute atomic E-state index is 14.0. The quantitative estimate of drug-likeness (QED) is 0.0319. The molecule has 4 saturated carbocycles. The molecule has 6 fully saturated rings. The lowest BCUT2D eigenvalue weighted by Gasteiger charge is -2.67. The summed E-state index contributed by atoms with van der Waals surface area (Å²) in [6.07, 6.45) is 16.3. The van der Waals surface area contributed by atoms with Crippen molar-refractivity contribution in [2.45, 2.75) is 206 Å². The fourth-order valence-electron chi connectivity index (χ4n) is 19.7. The molecule has 4 heterocycles. The summed E-state index contributed by atoms with van der Waals surface area (Å²) in [4.78, 5) is 13.2. The second kappa shape index (κ2) is 26.9. The van der Waals surface area contributed by atoms with Crippen LogP contribution in [0.4, 0.5) is 0 Å². The Morgan fingerprint density at radius 2 is 1.76 bits per heavy atom. The van der Waals surface area contributed by atoms with E-state index in [1.165, 1.54) is 16.3 Å². The lowest BCUT2D eigenvalue weighted by Crippen LogP contribution is -2.86. The van der Waals surface area contributed by atoms with Crippen LogP contribution in [0.2, 0.25) is 0 Å². The number of esters is 1. The predicted octanol–water partition coefficient (Wildman–Crippen LogP) is 9.29. The maximum atomic E-state index is 14.0. The van der Waals surface area contributed by atoms with Gasteiger partial charge in [0.05, 0.1) is 36.8 Å². The zero-order chi connectivity index (χ0) is 65.1. The summed E-state index contributed by atoms with van der Waals surface area (Å²) in [7, 11) is 5.41. The van der Waals surface area contributed by atoms with Gasteiger partial charge in [0.15, 0.2) is 16.9 Å². The van der Waals surface area contributed by atoms with Crippen molar-refractivity contribution in [1.82, 2.24) is 16.0 Å². The van der Waals surface area contributed by atoms with Crippen molar-refractivity contribution < 1.29 is 69.0 Å². The van der Waals surface area contributed by atoms with E-state index in [4.69, 9.17) is 23.4 Å². The average Bonchev–Trinajstić information content (AvgIpc) is 1.58. The summed E-state index contributed by atoms with van der Waals surface area (Å²) in [5.41, 5.74) is -5.31. The Morgan fingerprint density at radius 1 is 0.925 bits per heavy atom. The number of rotatable bonds is 14. The number of benzene rings is 3. The number of allylic oxidation sites excluding steroid dienone is 4. The number of carbonyl (C=O) groups is 1. The summed E-state index contributed by atoms with van der Waals surface area (Å²) in [5.74, 6) is -2.31. The first-order valence-corrected chi connectivity index (χ1v) is 37.2. The molecule has 1 aromatic heterocycles. The van der Waals surface area contributed by atoms with Crippen LogP contribution in [0, 0.1) is 46.3 Å². The van der Waals surface area contributed by atoms with Gasteiger partial charge in [-0.25, -0.2) is 0 Å². The summed E-state index contributed by atoms with van der Waals surface area (Å²) in [6.45, 7) is 7.32. The normalized spacial score (nSPS) is 40.4. The second-order valence-corrected chi connectivity index (χ2v) is 32.6. The number of furan rings is 1. The van der Waals surface area contributed by atoms with Crippen molar-refractivity contribution >= 4 is 49.3 Å². The van der Waals surface area contributed by atoms with Gasteiger partial charge in [0.25, 0.3) is 0 Å².